The van der Waals surface area contributed by atoms with Gasteiger partial charge in [-0.1, -0.05) is 17.7 Å². The molecule has 0 unspecified atom stereocenters. The zero-order chi connectivity index (χ0) is 26.1. The van der Waals surface area contributed by atoms with Crippen LogP contribution in [-0.2, 0) is 11.2 Å². The van der Waals surface area contributed by atoms with Gasteiger partial charge in [0, 0.05) is 42.7 Å². The fourth-order valence-electron chi connectivity index (χ4n) is 3.89. The maximum Gasteiger partial charge on any atom is 0.413 e. The maximum absolute atomic E-state index is 13.2. The first-order chi connectivity index (χ1) is 16.9. The highest BCUT2D eigenvalue weighted by Crippen LogP contribution is 2.35. The fourth-order valence-corrected chi connectivity index (χ4v) is 4.15. The van der Waals surface area contributed by atoms with Crippen molar-refractivity contribution in [3.05, 3.63) is 41.2 Å². The van der Waals surface area contributed by atoms with Gasteiger partial charge in [-0.05, 0) is 39.0 Å². The van der Waals surface area contributed by atoms with Crippen LogP contribution in [0.3, 0.4) is 0 Å². The van der Waals surface area contributed by atoms with Gasteiger partial charge >= 0.3 is 12.3 Å². The maximum atomic E-state index is 13.2. The highest BCUT2D eigenvalue weighted by Gasteiger charge is 2.30. The van der Waals surface area contributed by atoms with Crippen LogP contribution in [0.4, 0.5) is 29.6 Å². The summed E-state index contributed by atoms with van der Waals surface area (Å²) in [7, 11) is 0. The Hall–Kier alpha value is -3.18. The minimum atomic E-state index is -4.49. The van der Waals surface area contributed by atoms with E-state index in [1.165, 1.54) is 18.5 Å². The van der Waals surface area contributed by atoms with Crippen molar-refractivity contribution in [2.75, 3.05) is 36.4 Å². The minimum Gasteiger partial charge on any atom is -0.444 e. The number of amides is 1. The zero-order valence-electron chi connectivity index (χ0n) is 20.0. The lowest BCUT2D eigenvalue weighted by Gasteiger charge is -2.29. The third-order valence-corrected chi connectivity index (χ3v) is 5.70. The molecule has 0 radical (unpaired) electrons. The first kappa shape index (κ1) is 25.9. The van der Waals surface area contributed by atoms with Crippen LogP contribution in [0.15, 0.2) is 30.6 Å². The molecule has 0 saturated carbocycles. The molecule has 2 N–H and O–H groups in total. The Morgan fingerprint density at radius 1 is 1.17 bits per heavy atom. The Morgan fingerprint density at radius 2 is 1.89 bits per heavy atom. The molecule has 0 bridgehead atoms. The molecule has 1 aliphatic rings. The van der Waals surface area contributed by atoms with Crippen LogP contribution < -0.4 is 15.5 Å². The summed E-state index contributed by atoms with van der Waals surface area (Å²) in [4.78, 5) is 27.6. The van der Waals surface area contributed by atoms with Crippen LogP contribution in [0.2, 0.25) is 5.02 Å². The molecule has 1 saturated heterocycles. The number of hydrogen-bond donors (Lipinski definition) is 2. The van der Waals surface area contributed by atoms with E-state index in [1.54, 1.807) is 32.9 Å². The van der Waals surface area contributed by atoms with Gasteiger partial charge in [0.25, 0.3) is 0 Å². The Morgan fingerprint density at radius 3 is 2.56 bits per heavy atom. The number of pyridine rings is 1. The third kappa shape index (κ3) is 6.33. The number of aromatic nitrogens is 3. The second-order valence-electron chi connectivity index (χ2n) is 9.41. The van der Waals surface area contributed by atoms with Crippen molar-refractivity contribution >= 4 is 40.2 Å². The van der Waals surface area contributed by atoms with Gasteiger partial charge < -0.3 is 15.0 Å². The molecule has 1 fully saturated rings. The van der Waals surface area contributed by atoms with Gasteiger partial charge in [0.15, 0.2) is 0 Å². The number of rotatable bonds is 4. The topological polar surface area (TPSA) is 92.3 Å². The molecule has 12 heteroatoms. The largest absolute Gasteiger partial charge is 0.444 e. The predicted molar refractivity (Wildman–Crippen MR) is 132 cm³/mol. The number of hydrogen-bond acceptors (Lipinski definition) is 7. The molecule has 1 aliphatic heterocycles. The number of fused-ring (bicyclic) bond motifs is 1. The molecule has 1 amide bonds. The summed E-state index contributed by atoms with van der Waals surface area (Å²) in [5.41, 5.74) is 0.314. The second kappa shape index (κ2) is 10.1. The van der Waals surface area contributed by atoms with Crippen molar-refractivity contribution in [2.45, 2.75) is 39.0 Å². The lowest BCUT2D eigenvalue weighted by molar-refractivity contribution is -0.127. The molecule has 192 valence electrons. The molecule has 36 heavy (non-hydrogen) atoms. The molecule has 8 nitrogen and oxygen atoms in total. The predicted octanol–water partition coefficient (Wildman–Crippen LogP) is 5.21. The van der Waals surface area contributed by atoms with Crippen LogP contribution in [-0.4, -0.2) is 59.0 Å². The Kier molecular flexibility index (Phi) is 7.24. The molecule has 1 aromatic carbocycles. The highest BCUT2D eigenvalue weighted by atomic mass is 35.5. The van der Waals surface area contributed by atoms with Crippen LogP contribution in [0, 0.1) is 0 Å². The molecule has 3 heterocycles. The molecule has 0 aliphatic carbocycles. The van der Waals surface area contributed by atoms with Crippen LogP contribution in [0.5, 0.6) is 0 Å². The summed E-state index contributed by atoms with van der Waals surface area (Å²) in [6.45, 7) is 8.19. The Balaban J connectivity index is 1.74. The van der Waals surface area contributed by atoms with E-state index in [-0.39, 0.29) is 17.1 Å². The number of nitrogens with zero attached hydrogens (tertiary/aromatic N) is 4. The number of alkyl halides is 3. The van der Waals surface area contributed by atoms with Gasteiger partial charge in [-0.3, -0.25) is 5.32 Å². The van der Waals surface area contributed by atoms with Crippen molar-refractivity contribution in [2.24, 2.45) is 0 Å². The summed E-state index contributed by atoms with van der Waals surface area (Å²) < 4.78 is 44.7. The van der Waals surface area contributed by atoms with E-state index in [1.807, 2.05) is 0 Å². The second-order valence-corrected chi connectivity index (χ2v) is 9.81. The quantitative estimate of drug-likeness (QED) is 0.486. The number of carbonyl (C=O) groups is 1. The van der Waals surface area contributed by atoms with Crippen molar-refractivity contribution < 1.29 is 22.7 Å². The third-order valence-electron chi connectivity index (χ3n) is 5.38. The average molecular weight is 523 g/mol. The van der Waals surface area contributed by atoms with E-state index >= 15 is 0 Å². The van der Waals surface area contributed by atoms with Crippen molar-refractivity contribution in [3.8, 4) is 11.3 Å². The molecular formula is C24H26ClF3N6O2. The van der Waals surface area contributed by atoms with E-state index in [9.17, 15) is 18.0 Å². The minimum absolute atomic E-state index is 0.197. The van der Waals surface area contributed by atoms with Crippen LogP contribution >= 0.6 is 11.6 Å². The number of piperazine rings is 1. The lowest BCUT2D eigenvalue weighted by atomic mass is 10.1. The highest BCUT2D eigenvalue weighted by molar-refractivity contribution is 6.34. The van der Waals surface area contributed by atoms with E-state index in [0.717, 1.165) is 37.4 Å². The molecule has 0 spiro atoms. The average Bonchev–Trinajstić information content (AvgIpc) is 2.78. The molecule has 2 aromatic heterocycles. The summed E-state index contributed by atoms with van der Waals surface area (Å²) in [5.74, 6) is 0.509. The van der Waals surface area contributed by atoms with Crippen LogP contribution in [0.25, 0.3) is 22.2 Å². The smallest absolute Gasteiger partial charge is 0.413 e. The first-order valence-corrected chi connectivity index (χ1v) is 11.7. The van der Waals surface area contributed by atoms with Gasteiger partial charge in [-0.2, -0.15) is 13.2 Å². The van der Waals surface area contributed by atoms with Crippen LogP contribution in [0.1, 0.15) is 26.3 Å². The Labute approximate surface area is 211 Å². The summed E-state index contributed by atoms with van der Waals surface area (Å²) in [6, 6.07) is 6.16. The number of nitrogens with one attached hydrogen (secondary N) is 2. The van der Waals surface area contributed by atoms with Gasteiger partial charge in [-0.15, -0.1) is 0 Å². The van der Waals surface area contributed by atoms with Gasteiger partial charge in [0.05, 0.1) is 22.7 Å². The molecular weight excluding hydrogens is 497 g/mol. The SMILES string of the molecule is CC(C)(C)OC(=O)Nc1nc(-c2cc3ncnc(N4CCNCC4)c3cc2Cl)ccc1CC(F)(F)F. The first-order valence-electron chi connectivity index (χ1n) is 11.4. The van der Waals surface area contributed by atoms with E-state index in [0.29, 0.717) is 16.1 Å². The number of ether oxygens (including phenoxy) is 1. The monoisotopic (exact) mass is 522 g/mol. The molecule has 4 rings (SSSR count). The van der Waals surface area contributed by atoms with Gasteiger partial charge in [0.2, 0.25) is 0 Å². The fraction of sp³-hybridized carbons (Fsp3) is 0.417. The van der Waals surface area contributed by atoms with Crippen molar-refractivity contribution in [1.29, 1.82) is 0 Å². The van der Waals surface area contributed by atoms with E-state index in [4.69, 9.17) is 16.3 Å². The van der Waals surface area contributed by atoms with E-state index < -0.39 is 24.3 Å². The zero-order valence-corrected chi connectivity index (χ0v) is 20.8. The number of carbonyl (C=O) groups excluding carboxylic acids is 1. The van der Waals surface area contributed by atoms with Gasteiger partial charge in [-0.25, -0.2) is 19.7 Å². The summed E-state index contributed by atoms with van der Waals surface area (Å²) >= 11 is 6.62. The standard InChI is InChI=1S/C24H26ClF3N6O2/c1-23(2,3)36-22(35)33-20-14(12-24(26,27)28)4-5-18(32-20)15-11-19-16(10-17(15)25)21(31-13-30-19)34-8-6-29-7-9-34/h4-5,10-11,13,29H,6-9,12H2,1-3H3,(H,32,33,35). The lowest BCUT2D eigenvalue weighted by Crippen LogP contribution is -2.44. The number of halogens is 4. The van der Waals surface area contributed by atoms with E-state index in [2.05, 4.69) is 30.5 Å². The summed E-state index contributed by atoms with van der Waals surface area (Å²) in [5, 5.41) is 6.74. The van der Waals surface area contributed by atoms with Crippen molar-refractivity contribution in [1.82, 2.24) is 20.3 Å². The summed E-state index contributed by atoms with van der Waals surface area (Å²) in [6.07, 6.45) is -5.20. The number of anilines is 2. The molecule has 0 atom stereocenters. The van der Waals surface area contributed by atoms with Gasteiger partial charge in [0.1, 0.15) is 23.6 Å². The normalized spacial score (nSPS) is 14.7. The number of benzene rings is 1. The van der Waals surface area contributed by atoms with Crippen molar-refractivity contribution in [3.63, 3.8) is 0 Å². The molecule has 3 aromatic rings. The Bertz CT molecular complexity index is 1270.